The maximum atomic E-state index is 9.85. The van der Waals surface area contributed by atoms with Gasteiger partial charge >= 0.3 is 0 Å². The molecule has 1 atom stereocenters. The molecule has 3 nitrogen and oxygen atoms in total. The Morgan fingerprint density at radius 2 is 1.74 bits per heavy atom. The first-order valence-corrected chi connectivity index (χ1v) is 9.44. The minimum absolute atomic E-state index is 0.408. The molecule has 3 aromatic rings. The summed E-state index contributed by atoms with van der Waals surface area (Å²) in [6.45, 7) is 2.66. The third-order valence-electron chi connectivity index (χ3n) is 5.20. The fourth-order valence-corrected chi connectivity index (χ4v) is 3.76. The van der Waals surface area contributed by atoms with E-state index >= 15 is 0 Å². The highest BCUT2D eigenvalue weighted by Gasteiger charge is 2.26. The van der Waals surface area contributed by atoms with Gasteiger partial charge in [0.25, 0.3) is 0 Å². The first-order valence-electron chi connectivity index (χ1n) is 9.44. The number of hydrogen-bond acceptors (Lipinski definition) is 3. The quantitative estimate of drug-likeness (QED) is 0.636. The summed E-state index contributed by atoms with van der Waals surface area (Å²) in [5, 5.41) is 9.85. The first-order chi connectivity index (χ1) is 13.3. The van der Waals surface area contributed by atoms with Gasteiger partial charge in [0.1, 0.15) is 18.2 Å². The molecule has 1 unspecified atom stereocenters. The van der Waals surface area contributed by atoms with Gasteiger partial charge in [0.2, 0.25) is 5.88 Å². The lowest BCUT2D eigenvalue weighted by Gasteiger charge is -2.25. The van der Waals surface area contributed by atoms with Gasteiger partial charge in [-0.25, -0.2) is 4.98 Å². The van der Waals surface area contributed by atoms with Gasteiger partial charge in [0, 0.05) is 5.56 Å². The van der Waals surface area contributed by atoms with E-state index in [0.29, 0.717) is 24.0 Å². The number of rotatable bonds is 4. The van der Waals surface area contributed by atoms with Crippen LogP contribution >= 0.6 is 0 Å². The van der Waals surface area contributed by atoms with Gasteiger partial charge in [-0.1, -0.05) is 67.6 Å². The van der Waals surface area contributed by atoms with Crippen LogP contribution in [0.1, 0.15) is 35.6 Å². The van der Waals surface area contributed by atoms with Gasteiger partial charge in [-0.15, -0.1) is 0 Å². The number of fused-ring (bicyclic) bond motifs is 1. The lowest BCUT2D eigenvalue weighted by molar-refractivity contribution is 0.292. The second-order valence-electron chi connectivity index (χ2n) is 7.20. The predicted octanol–water partition coefficient (Wildman–Crippen LogP) is 5.32. The van der Waals surface area contributed by atoms with Crippen LogP contribution in [0.2, 0.25) is 0 Å². The van der Waals surface area contributed by atoms with Crippen molar-refractivity contribution in [1.82, 2.24) is 4.98 Å². The summed E-state index contributed by atoms with van der Waals surface area (Å²) < 4.78 is 6.04. The van der Waals surface area contributed by atoms with Crippen molar-refractivity contribution in [2.45, 2.75) is 32.8 Å². The topological polar surface area (TPSA) is 45.9 Å². The second kappa shape index (κ2) is 7.63. The van der Waals surface area contributed by atoms with Crippen LogP contribution in [0.5, 0.6) is 5.88 Å². The average Bonchev–Trinajstić information content (AvgIpc) is 2.72. The van der Waals surface area contributed by atoms with Crippen molar-refractivity contribution in [2.75, 3.05) is 0 Å². The molecule has 0 saturated carbocycles. The van der Waals surface area contributed by atoms with Crippen LogP contribution in [0.15, 0.2) is 60.7 Å². The molecule has 1 aliphatic rings. The SMILES string of the molecule is CC1CCc2c(-c3ccccc3)nc(OCc3ccccc3)c(C#N)c2C1. The minimum atomic E-state index is 0.408. The van der Waals surface area contributed by atoms with Crippen LogP contribution in [-0.4, -0.2) is 4.98 Å². The number of ether oxygens (including phenoxy) is 1. The van der Waals surface area contributed by atoms with Crippen LogP contribution in [0.3, 0.4) is 0 Å². The van der Waals surface area contributed by atoms with Gasteiger partial charge < -0.3 is 4.74 Å². The molecule has 0 saturated heterocycles. The number of aromatic nitrogens is 1. The van der Waals surface area contributed by atoms with Crippen LogP contribution in [0, 0.1) is 17.2 Å². The predicted molar refractivity (Wildman–Crippen MR) is 106 cm³/mol. The van der Waals surface area contributed by atoms with Crippen molar-refractivity contribution >= 4 is 0 Å². The molecule has 4 rings (SSSR count). The Bertz CT molecular complexity index is 975. The summed E-state index contributed by atoms with van der Waals surface area (Å²) in [6.07, 6.45) is 2.99. The molecule has 1 heterocycles. The Morgan fingerprint density at radius 3 is 2.44 bits per heavy atom. The number of benzene rings is 2. The van der Waals surface area contributed by atoms with E-state index in [9.17, 15) is 5.26 Å². The molecular formula is C24H22N2O. The third kappa shape index (κ3) is 3.57. The maximum absolute atomic E-state index is 9.85. The van der Waals surface area contributed by atoms with Crippen LogP contribution in [0.4, 0.5) is 0 Å². The average molecular weight is 354 g/mol. The van der Waals surface area contributed by atoms with E-state index in [1.807, 2.05) is 48.5 Å². The number of pyridine rings is 1. The highest BCUT2D eigenvalue weighted by Crippen LogP contribution is 2.37. The van der Waals surface area contributed by atoms with E-state index in [4.69, 9.17) is 9.72 Å². The summed E-state index contributed by atoms with van der Waals surface area (Å²) in [5.41, 5.74) is 6.04. The summed E-state index contributed by atoms with van der Waals surface area (Å²) in [6, 6.07) is 22.6. The van der Waals surface area contributed by atoms with E-state index in [2.05, 4.69) is 25.1 Å². The Morgan fingerprint density at radius 1 is 1.04 bits per heavy atom. The molecule has 0 N–H and O–H groups in total. The zero-order chi connectivity index (χ0) is 18.6. The highest BCUT2D eigenvalue weighted by atomic mass is 16.5. The fourth-order valence-electron chi connectivity index (χ4n) is 3.76. The van der Waals surface area contributed by atoms with E-state index < -0.39 is 0 Å². The van der Waals surface area contributed by atoms with Gasteiger partial charge in [-0.3, -0.25) is 0 Å². The number of hydrogen-bond donors (Lipinski definition) is 0. The Kier molecular flexibility index (Phi) is 4.89. The van der Waals surface area contributed by atoms with Gasteiger partial charge in [0.05, 0.1) is 5.69 Å². The summed E-state index contributed by atoms with van der Waals surface area (Å²) >= 11 is 0. The largest absolute Gasteiger partial charge is 0.472 e. The standard InChI is InChI=1S/C24H22N2O/c1-17-12-13-20-21(14-17)22(15-25)24(27-16-18-8-4-2-5-9-18)26-23(20)19-10-6-3-7-11-19/h2-11,17H,12-14,16H2,1H3. The lowest BCUT2D eigenvalue weighted by atomic mass is 9.81. The molecule has 0 bridgehead atoms. The van der Waals surface area contributed by atoms with Gasteiger partial charge in [0.15, 0.2) is 0 Å². The molecule has 1 aliphatic carbocycles. The minimum Gasteiger partial charge on any atom is -0.472 e. The Hall–Kier alpha value is -3.12. The Labute approximate surface area is 160 Å². The van der Waals surface area contributed by atoms with E-state index in [-0.39, 0.29) is 0 Å². The van der Waals surface area contributed by atoms with Crippen molar-refractivity contribution in [2.24, 2.45) is 5.92 Å². The molecule has 1 aromatic heterocycles. The molecule has 134 valence electrons. The molecule has 0 amide bonds. The van der Waals surface area contributed by atoms with Crippen molar-refractivity contribution in [3.8, 4) is 23.2 Å². The third-order valence-corrected chi connectivity index (χ3v) is 5.20. The number of nitrogens with zero attached hydrogens (tertiary/aromatic N) is 2. The maximum Gasteiger partial charge on any atom is 0.232 e. The summed E-state index contributed by atoms with van der Waals surface area (Å²) in [7, 11) is 0. The van der Waals surface area contributed by atoms with Crippen LogP contribution in [0.25, 0.3) is 11.3 Å². The molecule has 0 radical (unpaired) electrons. The van der Waals surface area contributed by atoms with Crippen LogP contribution in [-0.2, 0) is 19.4 Å². The first kappa shape index (κ1) is 17.3. The number of nitriles is 1. The van der Waals surface area contributed by atoms with Crippen molar-refractivity contribution in [3.05, 3.63) is 82.9 Å². The van der Waals surface area contributed by atoms with Crippen molar-refractivity contribution < 1.29 is 4.74 Å². The van der Waals surface area contributed by atoms with Gasteiger partial charge in [-0.2, -0.15) is 5.26 Å². The van der Waals surface area contributed by atoms with Crippen molar-refractivity contribution in [3.63, 3.8) is 0 Å². The van der Waals surface area contributed by atoms with E-state index in [0.717, 1.165) is 41.6 Å². The molecule has 27 heavy (non-hydrogen) atoms. The monoisotopic (exact) mass is 354 g/mol. The smallest absolute Gasteiger partial charge is 0.232 e. The summed E-state index contributed by atoms with van der Waals surface area (Å²) in [5.74, 6) is 1.02. The van der Waals surface area contributed by atoms with Crippen LogP contribution < -0.4 is 4.74 Å². The molecular weight excluding hydrogens is 332 g/mol. The van der Waals surface area contributed by atoms with Gasteiger partial charge in [-0.05, 0) is 41.9 Å². The zero-order valence-electron chi connectivity index (χ0n) is 15.5. The normalized spacial score (nSPS) is 15.6. The molecule has 0 spiro atoms. The van der Waals surface area contributed by atoms with E-state index in [1.165, 1.54) is 5.56 Å². The van der Waals surface area contributed by atoms with Crippen molar-refractivity contribution in [1.29, 1.82) is 5.26 Å². The fraction of sp³-hybridized carbons (Fsp3) is 0.250. The van der Waals surface area contributed by atoms with E-state index in [1.54, 1.807) is 0 Å². The summed E-state index contributed by atoms with van der Waals surface area (Å²) in [4.78, 5) is 4.82. The lowest BCUT2D eigenvalue weighted by Crippen LogP contribution is -2.16. The molecule has 0 aliphatic heterocycles. The molecule has 2 aromatic carbocycles. The molecule has 0 fully saturated rings. The second-order valence-corrected chi connectivity index (χ2v) is 7.20. The molecule has 3 heteroatoms. The zero-order valence-corrected chi connectivity index (χ0v) is 15.5. The highest BCUT2D eigenvalue weighted by molar-refractivity contribution is 5.69. The Balaban J connectivity index is 1.80.